The molecule has 0 aromatic heterocycles. The fraction of sp³-hybridized carbons (Fsp3) is 0.600. The van der Waals surface area contributed by atoms with Crippen molar-refractivity contribution in [3.63, 3.8) is 0 Å². The summed E-state index contributed by atoms with van der Waals surface area (Å²) in [6.07, 6.45) is 2.36. The van der Waals surface area contributed by atoms with Gasteiger partial charge in [0, 0.05) is 16.1 Å². The van der Waals surface area contributed by atoms with Crippen molar-refractivity contribution in [2.45, 2.75) is 25.8 Å². The van der Waals surface area contributed by atoms with Crippen LogP contribution in [0.15, 0.2) is 22.7 Å². The van der Waals surface area contributed by atoms with Crippen LogP contribution >= 0.6 is 15.9 Å². The van der Waals surface area contributed by atoms with Crippen molar-refractivity contribution in [3.05, 3.63) is 34.1 Å². The van der Waals surface area contributed by atoms with Crippen LogP contribution in [-0.2, 0) is 0 Å². The highest BCUT2D eigenvalue weighted by Gasteiger charge is 2.31. The van der Waals surface area contributed by atoms with Crippen molar-refractivity contribution in [2.24, 2.45) is 5.92 Å². The van der Waals surface area contributed by atoms with Crippen LogP contribution in [0.5, 0.6) is 0 Å². The van der Waals surface area contributed by atoms with Crippen LogP contribution in [0.2, 0.25) is 0 Å². The Morgan fingerprint density at radius 1 is 1.47 bits per heavy atom. The van der Waals surface area contributed by atoms with E-state index < -0.39 is 0 Å². The largest absolute Gasteiger partial charge is 0.317 e. The second kappa shape index (κ2) is 6.82. The van der Waals surface area contributed by atoms with E-state index in [-0.39, 0.29) is 11.9 Å². The van der Waals surface area contributed by atoms with Crippen molar-refractivity contribution < 1.29 is 4.39 Å². The Morgan fingerprint density at radius 3 is 2.95 bits per heavy atom. The van der Waals surface area contributed by atoms with E-state index in [4.69, 9.17) is 0 Å². The predicted octanol–water partition coefficient (Wildman–Crippen LogP) is 3.58. The van der Waals surface area contributed by atoms with Crippen molar-refractivity contribution in [2.75, 3.05) is 26.7 Å². The maximum absolute atomic E-state index is 14.2. The third-order valence-corrected chi connectivity index (χ3v) is 4.44. The van der Waals surface area contributed by atoms with E-state index in [1.807, 2.05) is 12.1 Å². The Balaban J connectivity index is 2.25. The lowest BCUT2D eigenvalue weighted by molar-refractivity contribution is 0.117. The molecule has 2 nitrogen and oxygen atoms in total. The fourth-order valence-corrected chi connectivity index (χ4v) is 3.37. The molecule has 2 rings (SSSR count). The van der Waals surface area contributed by atoms with Gasteiger partial charge in [0.1, 0.15) is 5.82 Å². The van der Waals surface area contributed by atoms with E-state index in [2.05, 4.69) is 40.1 Å². The lowest BCUT2D eigenvalue weighted by Crippen LogP contribution is -2.40. The number of benzene rings is 1. The molecular weight excluding hydrogens is 307 g/mol. The maximum Gasteiger partial charge on any atom is 0.129 e. The molecule has 1 heterocycles. The van der Waals surface area contributed by atoms with Gasteiger partial charge in [0.15, 0.2) is 0 Å². The van der Waals surface area contributed by atoms with Crippen molar-refractivity contribution in [1.82, 2.24) is 10.2 Å². The van der Waals surface area contributed by atoms with E-state index in [0.717, 1.165) is 36.1 Å². The first-order chi connectivity index (χ1) is 9.13. The zero-order valence-electron chi connectivity index (χ0n) is 11.6. The first kappa shape index (κ1) is 14.9. The van der Waals surface area contributed by atoms with E-state index >= 15 is 0 Å². The Bertz CT molecular complexity index is 425. The van der Waals surface area contributed by atoms with Gasteiger partial charge in [0.25, 0.3) is 0 Å². The minimum absolute atomic E-state index is 0.102. The van der Waals surface area contributed by atoms with Crippen molar-refractivity contribution >= 4 is 15.9 Å². The molecule has 0 radical (unpaired) electrons. The van der Waals surface area contributed by atoms with Crippen LogP contribution in [0, 0.1) is 11.7 Å². The number of hydrogen-bond donors (Lipinski definition) is 1. The highest BCUT2D eigenvalue weighted by molar-refractivity contribution is 9.10. The smallest absolute Gasteiger partial charge is 0.129 e. The van der Waals surface area contributed by atoms with Crippen LogP contribution in [0.1, 0.15) is 31.4 Å². The van der Waals surface area contributed by atoms with Crippen LogP contribution < -0.4 is 5.32 Å². The Morgan fingerprint density at radius 2 is 2.26 bits per heavy atom. The number of likely N-dealkylation sites (tertiary alicyclic amines) is 1. The second-order valence-corrected chi connectivity index (χ2v) is 6.22. The summed E-state index contributed by atoms with van der Waals surface area (Å²) < 4.78 is 15.0. The summed E-state index contributed by atoms with van der Waals surface area (Å²) in [5.41, 5.74) is 0.827. The normalized spacial score (nSPS) is 24.6. The molecule has 0 saturated carbocycles. The average Bonchev–Trinajstić information content (AvgIpc) is 2.37. The summed E-state index contributed by atoms with van der Waals surface area (Å²) in [6, 6.07) is 5.61. The topological polar surface area (TPSA) is 15.3 Å². The molecule has 1 saturated heterocycles. The first-order valence-corrected chi connectivity index (χ1v) is 7.78. The molecule has 1 N–H and O–H groups in total. The number of nitrogens with one attached hydrogen (secondary N) is 1. The van der Waals surface area contributed by atoms with Gasteiger partial charge in [-0.2, -0.15) is 0 Å². The van der Waals surface area contributed by atoms with Crippen LogP contribution in [0.25, 0.3) is 0 Å². The fourth-order valence-electron chi connectivity index (χ4n) is 3.04. The number of piperidine rings is 1. The van der Waals surface area contributed by atoms with E-state index in [9.17, 15) is 4.39 Å². The molecule has 1 aliphatic heterocycles. The van der Waals surface area contributed by atoms with Gasteiger partial charge in [-0.3, -0.25) is 4.90 Å². The SMILES string of the molecule is CCNCC1CCCN(C)C1c1ccc(Br)cc1F. The van der Waals surface area contributed by atoms with E-state index in [1.54, 1.807) is 6.07 Å². The minimum atomic E-state index is -0.102. The van der Waals surface area contributed by atoms with Gasteiger partial charge in [-0.15, -0.1) is 0 Å². The molecule has 1 aromatic rings. The Labute approximate surface area is 123 Å². The highest BCUT2D eigenvalue weighted by Crippen LogP contribution is 2.36. The number of hydrogen-bond acceptors (Lipinski definition) is 2. The summed E-state index contributed by atoms with van der Waals surface area (Å²) in [5.74, 6) is 0.379. The standard InChI is InChI=1S/C15H22BrFN2/c1-3-18-10-11-5-4-8-19(2)15(11)13-7-6-12(16)9-14(13)17/h6-7,9,11,15,18H,3-5,8,10H2,1-2H3. The van der Waals surface area contributed by atoms with E-state index in [1.165, 1.54) is 6.42 Å². The van der Waals surface area contributed by atoms with Gasteiger partial charge in [-0.25, -0.2) is 4.39 Å². The number of halogens is 2. The summed E-state index contributed by atoms with van der Waals surface area (Å²) >= 11 is 3.33. The summed E-state index contributed by atoms with van der Waals surface area (Å²) in [6.45, 7) is 5.08. The third kappa shape index (κ3) is 3.56. The molecule has 1 aliphatic rings. The molecule has 4 heteroatoms. The molecule has 19 heavy (non-hydrogen) atoms. The van der Waals surface area contributed by atoms with E-state index in [0.29, 0.717) is 5.92 Å². The van der Waals surface area contributed by atoms with Crippen LogP contribution in [0.3, 0.4) is 0 Å². The maximum atomic E-state index is 14.2. The quantitative estimate of drug-likeness (QED) is 0.908. The predicted molar refractivity (Wildman–Crippen MR) is 80.7 cm³/mol. The van der Waals surface area contributed by atoms with Gasteiger partial charge < -0.3 is 5.32 Å². The second-order valence-electron chi connectivity index (χ2n) is 5.30. The van der Waals surface area contributed by atoms with Gasteiger partial charge in [-0.05, 0) is 57.6 Å². The lowest BCUT2D eigenvalue weighted by atomic mass is 9.84. The molecule has 0 spiro atoms. The molecule has 106 valence electrons. The van der Waals surface area contributed by atoms with Gasteiger partial charge in [0.05, 0.1) is 0 Å². The summed E-state index contributed by atoms with van der Waals surface area (Å²) in [7, 11) is 2.10. The summed E-state index contributed by atoms with van der Waals surface area (Å²) in [4.78, 5) is 2.29. The van der Waals surface area contributed by atoms with Crippen molar-refractivity contribution in [1.29, 1.82) is 0 Å². The molecule has 0 amide bonds. The molecule has 1 aromatic carbocycles. The number of rotatable bonds is 4. The van der Waals surface area contributed by atoms with Crippen LogP contribution in [-0.4, -0.2) is 31.6 Å². The highest BCUT2D eigenvalue weighted by atomic mass is 79.9. The zero-order valence-corrected chi connectivity index (χ0v) is 13.2. The third-order valence-electron chi connectivity index (χ3n) is 3.94. The monoisotopic (exact) mass is 328 g/mol. The molecule has 2 atom stereocenters. The first-order valence-electron chi connectivity index (χ1n) is 6.99. The van der Waals surface area contributed by atoms with Crippen LogP contribution in [0.4, 0.5) is 4.39 Å². The van der Waals surface area contributed by atoms with Gasteiger partial charge in [0.2, 0.25) is 0 Å². The van der Waals surface area contributed by atoms with Gasteiger partial charge >= 0.3 is 0 Å². The molecule has 1 fully saturated rings. The lowest BCUT2D eigenvalue weighted by Gasteiger charge is -2.40. The van der Waals surface area contributed by atoms with Crippen molar-refractivity contribution in [3.8, 4) is 0 Å². The molecule has 2 unspecified atom stereocenters. The Kier molecular flexibility index (Phi) is 5.37. The zero-order chi connectivity index (χ0) is 13.8. The number of nitrogens with zero attached hydrogens (tertiary/aromatic N) is 1. The molecule has 0 bridgehead atoms. The average molecular weight is 329 g/mol. The minimum Gasteiger partial charge on any atom is -0.317 e. The summed E-state index contributed by atoms with van der Waals surface area (Å²) in [5, 5.41) is 3.41. The van der Waals surface area contributed by atoms with Gasteiger partial charge in [-0.1, -0.05) is 28.9 Å². The molecular formula is C15H22BrFN2. The Hall–Kier alpha value is -0.450. The molecule has 0 aliphatic carbocycles.